The van der Waals surface area contributed by atoms with Crippen LogP contribution in [-0.2, 0) is 16.0 Å². The van der Waals surface area contributed by atoms with E-state index in [0.29, 0.717) is 0 Å². The Bertz CT molecular complexity index is 590. The van der Waals surface area contributed by atoms with E-state index in [0.717, 1.165) is 7.11 Å². The summed E-state index contributed by atoms with van der Waals surface area (Å²) in [5, 5.41) is 10.8. The molecule has 0 amide bonds. The quantitative estimate of drug-likeness (QED) is 0.357. The Kier molecular flexibility index (Phi) is 5.17. The minimum atomic E-state index is -5.31. The Morgan fingerprint density at radius 3 is 2.45 bits per heavy atom. The van der Waals surface area contributed by atoms with Gasteiger partial charge >= 0.3 is 24.6 Å². The van der Waals surface area contributed by atoms with Crippen molar-refractivity contribution in [2.75, 3.05) is 7.11 Å². The largest absolute Gasteiger partial charge is 0.573 e. The SMILES string of the molecule is COC(=O)Cc1c(OC(F)(F)F)cc(C(F)F)nc1[N+](=O)[O-]. The first kappa shape index (κ1) is 17.5. The molecular formula is C10H7F5N2O5. The van der Waals surface area contributed by atoms with Crippen molar-refractivity contribution in [1.29, 1.82) is 0 Å². The highest BCUT2D eigenvalue weighted by atomic mass is 19.4. The minimum Gasteiger partial charge on any atom is -0.469 e. The topological polar surface area (TPSA) is 91.6 Å². The zero-order valence-electron chi connectivity index (χ0n) is 10.7. The molecule has 0 saturated carbocycles. The van der Waals surface area contributed by atoms with Gasteiger partial charge in [-0.2, -0.15) is 0 Å². The van der Waals surface area contributed by atoms with E-state index >= 15 is 0 Å². The fourth-order valence-electron chi connectivity index (χ4n) is 1.41. The molecule has 0 aliphatic carbocycles. The number of halogens is 5. The molecule has 1 aromatic heterocycles. The summed E-state index contributed by atoms with van der Waals surface area (Å²) in [6.45, 7) is 0. The van der Waals surface area contributed by atoms with Crippen LogP contribution >= 0.6 is 0 Å². The summed E-state index contributed by atoms with van der Waals surface area (Å²) in [6.07, 6.45) is -9.68. The first-order valence-electron chi connectivity index (χ1n) is 5.34. The lowest BCUT2D eigenvalue weighted by Crippen LogP contribution is -2.20. The Labute approximate surface area is 118 Å². The molecule has 122 valence electrons. The monoisotopic (exact) mass is 330 g/mol. The lowest BCUT2D eigenvalue weighted by Gasteiger charge is -2.13. The van der Waals surface area contributed by atoms with E-state index in [1.165, 1.54) is 0 Å². The van der Waals surface area contributed by atoms with Crippen LogP contribution in [-0.4, -0.2) is 29.3 Å². The summed E-state index contributed by atoms with van der Waals surface area (Å²) in [7, 11) is 0.888. The van der Waals surface area contributed by atoms with Gasteiger partial charge in [0.05, 0.1) is 13.5 Å². The number of nitrogens with zero attached hydrogens (tertiary/aromatic N) is 2. The smallest absolute Gasteiger partial charge is 0.469 e. The summed E-state index contributed by atoms with van der Waals surface area (Å²) in [5.74, 6) is -3.79. The van der Waals surface area contributed by atoms with Crippen molar-refractivity contribution < 1.29 is 41.1 Å². The normalized spacial score (nSPS) is 11.4. The molecule has 0 aliphatic rings. The van der Waals surface area contributed by atoms with Gasteiger partial charge in [-0.3, -0.25) is 4.79 Å². The third kappa shape index (κ3) is 4.49. The first-order chi connectivity index (χ1) is 10.0. The van der Waals surface area contributed by atoms with Gasteiger partial charge < -0.3 is 19.6 Å². The molecule has 22 heavy (non-hydrogen) atoms. The van der Waals surface area contributed by atoms with Crippen molar-refractivity contribution in [3.05, 3.63) is 27.4 Å². The van der Waals surface area contributed by atoms with Gasteiger partial charge in [-0.05, 0) is 9.91 Å². The standard InChI is InChI=1S/C10H7F5N2O5/c1-21-7(18)2-4-6(22-10(13,14)15)3-5(8(11)12)16-9(4)17(19)20/h3,8H,2H2,1H3. The number of ether oxygens (including phenoxy) is 2. The van der Waals surface area contributed by atoms with Crippen molar-refractivity contribution in [1.82, 2.24) is 4.98 Å². The number of rotatable bonds is 5. The van der Waals surface area contributed by atoms with Crippen LogP contribution in [0.4, 0.5) is 27.8 Å². The summed E-state index contributed by atoms with van der Waals surface area (Å²) in [5.41, 5.74) is -2.21. The van der Waals surface area contributed by atoms with Crippen molar-refractivity contribution in [3.63, 3.8) is 0 Å². The van der Waals surface area contributed by atoms with Gasteiger partial charge in [0, 0.05) is 6.07 Å². The molecule has 1 aromatic rings. The third-order valence-electron chi connectivity index (χ3n) is 2.25. The van der Waals surface area contributed by atoms with Crippen LogP contribution in [0.15, 0.2) is 6.07 Å². The van der Waals surface area contributed by atoms with Gasteiger partial charge in [0.1, 0.15) is 11.3 Å². The lowest BCUT2D eigenvalue weighted by atomic mass is 10.1. The molecule has 0 N–H and O–H groups in total. The van der Waals surface area contributed by atoms with Crippen molar-refractivity contribution in [3.8, 4) is 5.75 Å². The maximum Gasteiger partial charge on any atom is 0.573 e. The summed E-state index contributed by atoms with van der Waals surface area (Å²) < 4.78 is 69.7. The average Bonchev–Trinajstić information content (AvgIpc) is 2.37. The van der Waals surface area contributed by atoms with E-state index in [-0.39, 0.29) is 6.07 Å². The number of esters is 1. The number of alkyl halides is 5. The second-order valence-corrected chi connectivity index (χ2v) is 3.71. The number of hydrogen-bond acceptors (Lipinski definition) is 6. The molecule has 1 rings (SSSR count). The Morgan fingerprint density at radius 1 is 1.45 bits per heavy atom. The second kappa shape index (κ2) is 6.49. The summed E-state index contributed by atoms with van der Waals surface area (Å²) >= 11 is 0. The van der Waals surface area contributed by atoms with Crippen molar-refractivity contribution >= 4 is 11.8 Å². The number of pyridine rings is 1. The van der Waals surface area contributed by atoms with E-state index in [4.69, 9.17) is 0 Å². The molecule has 12 heteroatoms. The molecule has 1 heterocycles. The van der Waals surface area contributed by atoms with E-state index < -0.39 is 52.9 Å². The molecule has 0 unspecified atom stereocenters. The maximum absolute atomic E-state index is 12.6. The zero-order chi connectivity index (χ0) is 17.1. The summed E-state index contributed by atoms with van der Waals surface area (Å²) in [4.78, 5) is 23.6. The molecular weight excluding hydrogens is 323 g/mol. The van der Waals surface area contributed by atoms with E-state index in [9.17, 15) is 36.9 Å². The highest BCUT2D eigenvalue weighted by molar-refractivity contribution is 5.75. The van der Waals surface area contributed by atoms with Crippen LogP contribution < -0.4 is 4.74 Å². The predicted molar refractivity (Wildman–Crippen MR) is 58.3 cm³/mol. The number of methoxy groups -OCH3 is 1. The highest BCUT2D eigenvalue weighted by Crippen LogP contribution is 2.35. The van der Waals surface area contributed by atoms with Crippen LogP contribution in [0.5, 0.6) is 5.75 Å². The predicted octanol–water partition coefficient (Wildman–Crippen LogP) is 2.54. The third-order valence-corrected chi connectivity index (χ3v) is 2.25. The number of hydrogen-bond donors (Lipinski definition) is 0. The summed E-state index contributed by atoms with van der Waals surface area (Å²) in [6, 6.07) is 0.184. The first-order valence-corrected chi connectivity index (χ1v) is 5.34. The fraction of sp³-hybridized carbons (Fsp3) is 0.400. The van der Waals surface area contributed by atoms with E-state index in [1.807, 2.05) is 0 Å². The zero-order valence-corrected chi connectivity index (χ0v) is 10.7. The van der Waals surface area contributed by atoms with Gasteiger partial charge in [0.25, 0.3) is 0 Å². The Morgan fingerprint density at radius 2 is 2.05 bits per heavy atom. The Hall–Kier alpha value is -2.53. The molecule has 7 nitrogen and oxygen atoms in total. The molecule has 0 aromatic carbocycles. The average molecular weight is 330 g/mol. The second-order valence-electron chi connectivity index (χ2n) is 3.71. The van der Waals surface area contributed by atoms with Gasteiger partial charge in [-0.25, -0.2) is 8.78 Å². The lowest BCUT2D eigenvalue weighted by molar-refractivity contribution is -0.390. The van der Waals surface area contributed by atoms with Gasteiger partial charge in [0.15, 0.2) is 0 Å². The molecule has 0 radical (unpaired) electrons. The molecule has 0 aliphatic heterocycles. The molecule has 0 spiro atoms. The van der Waals surface area contributed by atoms with Crippen LogP contribution in [0.2, 0.25) is 0 Å². The van der Waals surface area contributed by atoms with Crippen molar-refractivity contribution in [2.45, 2.75) is 19.2 Å². The Balaban J connectivity index is 3.51. The van der Waals surface area contributed by atoms with Gasteiger partial charge in [-0.15, -0.1) is 13.2 Å². The van der Waals surface area contributed by atoms with Gasteiger partial charge in [-0.1, -0.05) is 0 Å². The van der Waals surface area contributed by atoms with E-state index in [2.05, 4.69) is 14.5 Å². The minimum absolute atomic E-state index is 0.184. The number of carbonyl (C=O) groups is 1. The van der Waals surface area contributed by atoms with Gasteiger partial charge in [0.2, 0.25) is 5.69 Å². The van der Waals surface area contributed by atoms with Crippen molar-refractivity contribution in [2.24, 2.45) is 0 Å². The molecule has 0 saturated heterocycles. The van der Waals surface area contributed by atoms with Crippen LogP contribution in [0.25, 0.3) is 0 Å². The number of aromatic nitrogens is 1. The molecule has 0 bridgehead atoms. The molecule has 0 atom stereocenters. The van der Waals surface area contributed by atoms with Crippen LogP contribution in [0.3, 0.4) is 0 Å². The fourth-order valence-corrected chi connectivity index (χ4v) is 1.41. The number of nitro groups is 1. The number of carbonyl (C=O) groups excluding carboxylic acids is 1. The molecule has 0 fully saturated rings. The highest BCUT2D eigenvalue weighted by Gasteiger charge is 2.37. The van der Waals surface area contributed by atoms with E-state index in [1.54, 1.807) is 0 Å². The van der Waals surface area contributed by atoms with Crippen LogP contribution in [0, 0.1) is 10.1 Å². The maximum atomic E-state index is 12.6. The van der Waals surface area contributed by atoms with Crippen LogP contribution in [0.1, 0.15) is 17.7 Å².